The molecule has 1 amide bonds. The highest BCUT2D eigenvalue weighted by Gasteiger charge is 2.07. The van der Waals surface area contributed by atoms with Crippen LogP contribution in [0, 0.1) is 0 Å². The zero-order chi connectivity index (χ0) is 14.5. The van der Waals surface area contributed by atoms with E-state index in [1.165, 1.54) is 0 Å². The van der Waals surface area contributed by atoms with Crippen molar-refractivity contribution in [2.24, 2.45) is 0 Å². The maximum absolute atomic E-state index is 12.1. The van der Waals surface area contributed by atoms with Crippen molar-refractivity contribution < 1.29 is 4.79 Å². The van der Waals surface area contributed by atoms with E-state index in [2.05, 4.69) is 25.5 Å². The highest BCUT2D eigenvalue weighted by molar-refractivity contribution is 5.95. The molecule has 0 radical (unpaired) electrons. The minimum Gasteiger partial charge on any atom is -0.352 e. The molecule has 0 bridgehead atoms. The maximum Gasteiger partial charge on any atom is 0.251 e. The highest BCUT2D eigenvalue weighted by atomic mass is 16.1. The van der Waals surface area contributed by atoms with Gasteiger partial charge in [0, 0.05) is 42.2 Å². The number of nitrogens with one attached hydrogen (secondary N) is 3. The molecule has 3 N–H and O–H groups in total. The average Bonchev–Trinajstić information content (AvgIpc) is 3.21. The molecule has 3 rings (SSSR count). The van der Waals surface area contributed by atoms with Crippen molar-refractivity contribution in [3.8, 4) is 11.1 Å². The Morgan fingerprint density at radius 3 is 2.95 bits per heavy atom. The lowest BCUT2D eigenvalue weighted by atomic mass is 10.1. The van der Waals surface area contributed by atoms with Crippen molar-refractivity contribution in [2.75, 3.05) is 6.54 Å². The molecule has 0 aliphatic carbocycles. The van der Waals surface area contributed by atoms with Crippen molar-refractivity contribution in [3.05, 3.63) is 60.4 Å². The number of hydrogen-bond donors (Lipinski definition) is 3. The largest absolute Gasteiger partial charge is 0.352 e. The summed E-state index contributed by atoms with van der Waals surface area (Å²) in [5, 5.41) is 9.58. The number of hydrogen-bond acceptors (Lipinski definition) is 3. The van der Waals surface area contributed by atoms with Crippen LogP contribution >= 0.6 is 0 Å². The van der Waals surface area contributed by atoms with Crippen LogP contribution in [-0.4, -0.2) is 32.6 Å². The molecule has 0 aliphatic rings. The van der Waals surface area contributed by atoms with E-state index < -0.39 is 0 Å². The second-order valence-electron chi connectivity index (χ2n) is 4.65. The van der Waals surface area contributed by atoms with Gasteiger partial charge in [-0.05, 0) is 17.7 Å². The molecule has 21 heavy (non-hydrogen) atoms. The Balaban J connectivity index is 1.63. The van der Waals surface area contributed by atoms with E-state index >= 15 is 0 Å². The zero-order valence-electron chi connectivity index (χ0n) is 11.3. The number of aromatic nitrogens is 4. The fraction of sp³-hybridized carbons (Fsp3) is 0.133. The van der Waals surface area contributed by atoms with E-state index in [0.29, 0.717) is 12.1 Å². The molecule has 0 saturated heterocycles. The van der Waals surface area contributed by atoms with Gasteiger partial charge in [0.25, 0.3) is 5.91 Å². The molecule has 6 heteroatoms. The number of aromatic amines is 2. The second-order valence-corrected chi connectivity index (χ2v) is 4.65. The van der Waals surface area contributed by atoms with Crippen LogP contribution in [0.4, 0.5) is 0 Å². The van der Waals surface area contributed by atoms with Gasteiger partial charge in [-0.15, -0.1) is 0 Å². The Morgan fingerprint density at radius 2 is 2.19 bits per heavy atom. The van der Waals surface area contributed by atoms with Gasteiger partial charge >= 0.3 is 0 Å². The molecule has 0 spiro atoms. The molecule has 0 atom stereocenters. The summed E-state index contributed by atoms with van der Waals surface area (Å²) in [4.78, 5) is 19.1. The molecule has 0 saturated carbocycles. The predicted molar refractivity (Wildman–Crippen MR) is 78.6 cm³/mol. The fourth-order valence-electron chi connectivity index (χ4n) is 2.08. The summed E-state index contributed by atoms with van der Waals surface area (Å²) in [5.74, 6) is -0.0835. The number of rotatable bonds is 5. The molecule has 106 valence electrons. The van der Waals surface area contributed by atoms with Crippen LogP contribution < -0.4 is 5.32 Å². The van der Waals surface area contributed by atoms with Crippen LogP contribution in [0.1, 0.15) is 16.1 Å². The number of H-pyrrole nitrogens is 2. The Bertz CT molecular complexity index is 704. The van der Waals surface area contributed by atoms with E-state index in [0.717, 1.165) is 23.2 Å². The van der Waals surface area contributed by atoms with Crippen molar-refractivity contribution in [3.63, 3.8) is 0 Å². The summed E-state index contributed by atoms with van der Waals surface area (Å²) in [6.45, 7) is 0.566. The summed E-state index contributed by atoms with van der Waals surface area (Å²) in [7, 11) is 0. The molecule has 6 nitrogen and oxygen atoms in total. The monoisotopic (exact) mass is 281 g/mol. The Morgan fingerprint density at radius 1 is 1.24 bits per heavy atom. The van der Waals surface area contributed by atoms with E-state index in [-0.39, 0.29) is 5.91 Å². The van der Waals surface area contributed by atoms with Gasteiger partial charge in [0.1, 0.15) is 0 Å². The van der Waals surface area contributed by atoms with Crippen LogP contribution in [0.25, 0.3) is 11.1 Å². The summed E-state index contributed by atoms with van der Waals surface area (Å²) in [6.07, 6.45) is 7.65. The van der Waals surface area contributed by atoms with E-state index in [4.69, 9.17) is 0 Å². The van der Waals surface area contributed by atoms with Gasteiger partial charge < -0.3 is 10.3 Å². The Labute approximate surface area is 121 Å². The number of imidazole rings is 1. The van der Waals surface area contributed by atoms with Gasteiger partial charge in [0.15, 0.2) is 0 Å². The molecular formula is C15H15N5O. The first-order valence-corrected chi connectivity index (χ1v) is 6.67. The van der Waals surface area contributed by atoms with E-state index in [1.807, 2.05) is 18.2 Å². The zero-order valence-corrected chi connectivity index (χ0v) is 11.3. The predicted octanol–water partition coefficient (Wildman–Crippen LogP) is 1.77. The van der Waals surface area contributed by atoms with E-state index in [1.54, 1.807) is 31.0 Å². The second kappa shape index (κ2) is 6.04. The van der Waals surface area contributed by atoms with Crippen LogP contribution in [0.3, 0.4) is 0 Å². The lowest BCUT2D eigenvalue weighted by Crippen LogP contribution is -2.25. The van der Waals surface area contributed by atoms with Gasteiger partial charge in [0.2, 0.25) is 0 Å². The number of nitrogens with zero attached hydrogens (tertiary/aromatic N) is 2. The summed E-state index contributed by atoms with van der Waals surface area (Å²) >= 11 is 0. The fourth-order valence-corrected chi connectivity index (χ4v) is 2.08. The quantitative estimate of drug-likeness (QED) is 0.666. The first kappa shape index (κ1) is 13.1. The van der Waals surface area contributed by atoms with Crippen molar-refractivity contribution in [1.29, 1.82) is 0 Å². The smallest absolute Gasteiger partial charge is 0.251 e. The summed E-state index contributed by atoms with van der Waals surface area (Å²) < 4.78 is 0. The van der Waals surface area contributed by atoms with E-state index in [9.17, 15) is 4.79 Å². The third-order valence-corrected chi connectivity index (χ3v) is 3.19. The molecule has 2 heterocycles. The summed E-state index contributed by atoms with van der Waals surface area (Å²) in [5.41, 5.74) is 3.56. The number of amides is 1. The normalized spacial score (nSPS) is 10.5. The standard InChI is InChI=1S/C15H15N5O/c21-15(17-5-4-14-9-16-10-18-14)12-3-1-2-11(6-12)13-7-19-20-8-13/h1-3,6-10H,4-5H2,(H,16,18)(H,17,21)(H,19,20). The summed E-state index contributed by atoms with van der Waals surface area (Å²) in [6, 6.07) is 7.48. The van der Waals surface area contributed by atoms with Crippen LogP contribution in [0.2, 0.25) is 0 Å². The molecule has 1 aromatic carbocycles. The third-order valence-electron chi connectivity index (χ3n) is 3.19. The molecular weight excluding hydrogens is 266 g/mol. The van der Waals surface area contributed by atoms with Gasteiger partial charge in [-0.1, -0.05) is 12.1 Å². The molecule has 3 aromatic rings. The first-order valence-electron chi connectivity index (χ1n) is 6.67. The van der Waals surface area contributed by atoms with Crippen LogP contribution in [0.5, 0.6) is 0 Å². The lowest BCUT2D eigenvalue weighted by molar-refractivity contribution is 0.0954. The molecule has 2 aromatic heterocycles. The van der Waals surface area contributed by atoms with Gasteiger partial charge in [-0.2, -0.15) is 5.10 Å². The minimum atomic E-state index is -0.0835. The highest BCUT2D eigenvalue weighted by Crippen LogP contribution is 2.18. The third kappa shape index (κ3) is 3.17. The van der Waals surface area contributed by atoms with Crippen molar-refractivity contribution in [1.82, 2.24) is 25.5 Å². The minimum absolute atomic E-state index is 0.0835. The van der Waals surface area contributed by atoms with Crippen LogP contribution in [-0.2, 0) is 6.42 Å². The Kier molecular flexibility index (Phi) is 3.77. The molecule has 0 fully saturated rings. The average molecular weight is 281 g/mol. The Hall–Kier alpha value is -2.89. The van der Waals surface area contributed by atoms with Gasteiger partial charge in [0.05, 0.1) is 12.5 Å². The maximum atomic E-state index is 12.1. The topological polar surface area (TPSA) is 86.5 Å². The van der Waals surface area contributed by atoms with Crippen molar-refractivity contribution >= 4 is 5.91 Å². The van der Waals surface area contributed by atoms with Gasteiger partial charge in [-0.25, -0.2) is 4.98 Å². The number of carbonyl (C=O) groups is 1. The number of carbonyl (C=O) groups excluding carboxylic acids is 1. The number of benzene rings is 1. The molecule has 0 aliphatic heterocycles. The first-order chi connectivity index (χ1) is 10.3. The van der Waals surface area contributed by atoms with Crippen molar-refractivity contribution in [2.45, 2.75) is 6.42 Å². The molecule has 0 unspecified atom stereocenters. The SMILES string of the molecule is O=C(NCCc1cnc[nH]1)c1cccc(-c2cn[nH]c2)c1. The lowest BCUT2D eigenvalue weighted by Gasteiger charge is -2.06. The van der Waals surface area contributed by atoms with Crippen LogP contribution in [0.15, 0.2) is 49.2 Å². The van der Waals surface area contributed by atoms with Gasteiger partial charge in [-0.3, -0.25) is 9.89 Å².